The van der Waals surface area contributed by atoms with Gasteiger partial charge < -0.3 is 5.73 Å². The van der Waals surface area contributed by atoms with E-state index in [1.165, 1.54) is 6.07 Å². The number of nitrogen functional groups attached to an aromatic ring is 1. The van der Waals surface area contributed by atoms with Gasteiger partial charge in [-0.1, -0.05) is 34.1 Å². The normalized spacial score (nSPS) is 13.1. The molecule has 6 heteroatoms. The molecule has 0 bridgehead atoms. The van der Waals surface area contributed by atoms with Crippen LogP contribution in [-0.2, 0) is 10.0 Å². The van der Waals surface area contributed by atoms with E-state index < -0.39 is 10.0 Å². The highest BCUT2D eigenvalue weighted by Gasteiger charge is 2.20. The minimum Gasteiger partial charge on any atom is -0.399 e. The van der Waals surface area contributed by atoms with Gasteiger partial charge in [-0.3, -0.25) is 0 Å². The summed E-state index contributed by atoms with van der Waals surface area (Å²) in [4.78, 5) is 0.180. The second-order valence-electron chi connectivity index (χ2n) is 4.94. The quantitative estimate of drug-likeness (QED) is 0.812. The molecule has 0 spiro atoms. The first-order chi connectivity index (χ1) is 9.79. The lowest BCUT2D eigenvalue weighted by Crippen LogP contribution is -2.27. The van der Waals surface area contributed by atoms with Gasteiger partial charge in [-0.05, 0) is 49.2 Å². The number of anilines is 1. The highest BCUT2D eigenvalue weighted by atomic mass is 79.9. The Labute approximate surface area is 133 Å². The molecule has 2 aromatic carbocycles. The van der Waals surface area contributed by atoms with Crippen molar-refractivity contribution in [3.8, 4) is 0 Å². The molecule has 0 aliphatic heterocycles. The lowest BCUT2D eigenvalue weighted by molar-refractivity contribution is 0.566. The first-order valence-corrected chi connectivity index (χ1v) is 8.71. The molecule has 0 heterocycles. The van der Waals surface area contributed by atoms with E-state index in [0.29, 0.717) is 5.69 Å². The molecule has 0 aliphatic carbocycles. The van der Waals surface area contributed by atoms with Gasteiger partial charge in [-0.15, -0.1) is 0 Å². The Morgan fingerprint density at radius 3 is 2.48 bits per heavy atom. The Balaban J connectivity index is 2.31. The maximum Gasteiger partial charge on any atom is 0.241 e. The third kappa shape index (κ3) is 3.84. The zero-order chi connectivity index (χ0) is 15.6. The molecule has 2 rings (SSSR count). The van der Waals surface area contributed by atoms with Crippen molar-refractivity contribution in [3.05, 3.63) is 58.1 Å². The largest absolute Gasteiger partial charge is 0.399 e. The van der Waals surface area contributed by atoms with Crippen molar-refractivity contribution < 1.29 is 8.42 Å². The predicted molar refractivity (Wildman–Crippen MR) is 88.5 cm³/mol. The van der Waals surface area contributed by atoms with Crippen LogP contribution < -0.4 is 10.5 Å². The second kappa shape index (κ2) is 6.17. The summed E-state index contributed by atoms with van der Waals surface area (Å²) < 4.78 is 28.4. The summed E-state index contributed by atoms with van der Waals surface area (Å²) in [5.41, 5.74) is 7.84. The van der Waals surface area contributed by atoms with Crippen molar-refractivity contribution in [2.24, 2.45) is 0 Å². The molecule has 21 heavy (non-hydrogen) atoms. The number of benzene rings is 2. The topological polar surface area (TPSA) is 72.2 Å². The number of rotatable bonds is 4. The molecule has 112 valence electrons. The van der Waals surface area contributed by atoms with Crippen LogP contribution >= 0.6 is 15.9 Å². The fraction of sp³-hybridized carbons (Fsp3) is 0.200. The van der Waals surface area contributed by atoms with Crippen molar-refractivity contribution in [2.75, 3.05) is 5.73 Å². The van der Waals surface area contributed by atoms with Crippen LogP contribution in [-0.4, -0.2) is 8.42 Å². The van der Waals surface area contributed by atoms with Gasteiger partial charge in [-0.25, -0.2) is 13.1 Å². The van der Waals surface area contributed by atoms with E-state index in [1.807, 2.05) is 31.2 Å². The second-order valence-corrected chi connectivity index (χ2v) is 7.51. The number of hydrogen-bond acceptors (Lipinski definition) is 3. The number of hydrogen-bond donors (Lipinski definition) is 2. The van der Waals surface area contributed by atoms with Crippen LogP contribution in [0.2, 0.25) is 0 Å². The number of nitrogens with one attached hydrogen (secondary N) is 1. The van der Waals surface area contributed by atoms with Gasteiger partial charge in [0.15, 0.2) is 0 Å². The minimum atomic E-state index is -3.62. The highest BCUT2D eigenvalue weighted by Crippen LogP contribution is 2.25. The number of halogens is 1. The van der Waals surface area contributed by atoms with Crippen molar-refractivity contribution in [1.29, 1.82) is 0 Å². The summed E-state index contributed by atoms with van der Waals surface area (Å²) >= 11 is 3.43. The molecule has 0 radical (unpaired) electrons. The summed E-state index contributed by atoms with van der Waals surface area (Å²) in [6.07, 6.45) is 0. The molecule has 2 aromatic rings. The third-order valence-corrected chi connectivity index (χ3v) is 5.33. The van der Waals surface area contributed by atoms with Crippen molar-refractivity contribution in [1.82, 2.24) is 4.72 Å². The molecule has 4 nitrogen and oxygen atoms in total. The highest BCUT2D eigenvalue weighted by molar-refractivity contribution is 9.10. The van der Waals surface area contributed by atoms with Gasteiger partial charge in [-0.2, -0.15) is 0 Å². The Morgan fingerprint density at radius 2 is 1.86 bits per heavy atom. The van der Waals surface area contributed by atoms with E-state index in [9.17, 15) is 8.42 Å². The van der Waals surface area contributed by atoms with Crippen LogP contribution in [0, 0.1) is 6.92 Å². The van der Waals surface area contributed by atoms with Gasteiger partial charge in [0.05, 0.1) is 4.90 Å². The lowest BCUT2D eigenvalue weighted by atomic mass is 10.1. The Morgan fingerprint density at radius 1 is 1.19 bits per heavy atom. The Kier molecular flexibility index (Phi) is 4.70. The molecule has 0 aromatic heterocycles. The predicted octanol–water partition coefficient (Wildman–Crippen LogP) is 3.38. The number of sulfonamides is 1. The van der Waals surface area contributed by atoms with Gasteiger partial charge in [0, 0.05) is 16.2 Å². The maximum atomic E-state index is 12.4. The van der Waals surface area contributed by atoms with Gasteiger partial charge in [0.2, 0.25) is 10.0 Å². The van der Waals surface area contributed by atoms with E-state index in [2.05, 4.69) is 20.7 Å². The first-order valence-electron chi connectivity index (χ1n) is 6.43. The fourth-order valence-corrected chi connectivity index (χ4v) is 4.11. The molecule has 0 saturated heterocycles. The molecule has 3 N–H and O–H groups in total. The summed E-state index contributed by atoms with van der Waals surface area (Å²) in [6, 6.07) is 12.0. The van der Waals surface area contributed by atoms with E-state index in [1.54, 1.807) is 19.1 Å². The molecule has 1 atom stereocenters. The van der Waals surface area contributed by atoms with E-state index in [0.717, 1.165) is 15.6 Å². The molecular weight excluding hydrogens is 352 g/mol. The molecular formula is C15H17BrN2O2S. The summed E-state index contributed by atoms with van der Waals surface area (Å²) in [5.74, 6) is 0. The fourth-order valence-electron chi connectivity index (χ4n) is 2.12. The molecule has 0 fully saturated rings. The third-order valence-electron chi connectivity index (χ3n) is 3.09. The summed E-state index contributed by atoms with van der Waals surface area (Å²) in [6.45, 7) is 3.61. The van der Waals surface area contributed by atoms with Gasteiger partial charge >= 0.3 is 0 Å². The van der Waals surface area contributed by atoms with Crippen LogP contribution in [0.5, 0.6) is 0 Å². The standard InChI is InChI=1S/C15H17BrN2O2S/c1-10-7-12(17)9-13(8-10)21(19,20)18-11(2)14-5-3-4-6-15(14)16/h3-9,11,18H,17H2,1-2H3. The van der Waals surface area contributed by atoms with Crippen molar-refractivity contribution in [3.63, 3.8) is 0 Å². The van der Waals surface area contributed by atoms with Gasteiger partial charge in [0.1, 0.15) is 0 Å². The smallest absolute Gasteiger partial charge is 0.241 e. The van der Waals surface area contributed by atoms with E-state index in [-0.39, 0.29) is 10.9 Å². The number of nitrogens with two attached hydrogens (primary N) is 1. The maximum absolute atomic E-state index is 12.4. The Bertz CT molecular complexity index is 740. The average molecular weight is 369 g/mol. The van der Waals surface area contributed by atoms with Crippen molar-refractivity contribution >= 4 is 31.6 Å². The Hall–Kier alpha value is -1.37. The molecule has 0 amide bonds. The van der Waals surface area contributed by atoms with Crippen LogP contribution in [0.1, 0.15) is 24.1 Å². The van der Waals surface area contributed by atoms with Crippen molar-refractivity contribution in [2.45, 2.75) is 24.8 Å². The SMILES string of the molecule is Cc1cc(N)cc(S(=O)(=O)NC(C)c2ccccc2Br)c1. The van der Waals surface area contributed by atoms with Crippen LogP contribution in [0.3, 0.4) is 0 Å². The zero-order valence-corrected chi connectivity index (χ0v) is 14.2. The van der Waals surface area contributed by atoms with E-state index in [4.69, 9.17) is 5.73 Å². The number of aryl methyl sites for hydroxylation is 1. The minimum absolute atomic E-state index is 0.180. The molecule has 1 unspecified atom stereocenters. The van der Waals surface area contributed by atoms with Crippen LogP contribution in [0.15, 0.2) is 51.8 Å². The van der Waals surface area contributed by atoms with Crippen LogP contribution in [0.4, 0.5) is 5.69 Å². The summed E-state index contributed by atoms with van der Waals surface area (Å²) in [7, 11) is -3.62. The van der Waals surface area contributed by atoms with Gasteiger partial charge in [0.25, 0.3) is 0 Å². The zero-order valence-electron chi connectivity index (χ0n) is 11.8. The molecule has 0 aliphatic rings. The van der Waals surface area contributed by atoms with Crippen LogP contribution in [0.25, 0.3) is 0 Å². The first kappa shape index (κ1) is 16.0. The molecule has 0 saturated carbocycles. The monoisotopic (exact) mass is 368 g/mol. The summed E-state index contributed by atoms with van der Waals surface area (Å²) in [5, 5.41) is 0. The van der Waals surface area contributed by atoms with E-state index >= 15 is 0 Å². The average Bonchev–Trinajstić information content (AvgIpc) is 2.37. The lowest BCUT2D eigenvalue weighted by Gasteiger charge is -2.16.